The number of aromatic nitrogens is 1. The van der Waals surface area contributed by atoms with Crippen molar-refractivity contribution in [1.82, 2.24) is 9.29 Å². The van der Waals surface area contributed by atoms with Crippen LogP contribution in [0.4, 0.5) is 5.13 Å². The van der Waals surface area contributed by atoms with Crippen molar-refractivity contribution >= 4 is 32.4 Å². The molecule has 1 aromatic heterocycles. The van der Waals surface area contributed by atoms with Gasteiger partial charge in [-0.05, 0) is 49.2 Å². The predicted molar refractivity (Wildman–Crippen MR) is 129 cm³/mol. The second kappa shape index (κ2) is 10.00. The molecular formula is C23H25N3O6S2. The molecule has 34 heavy (non-hydrogen) atoms. The van der Waals surface area contributed by atoms with E-state index in [0.29, 0.717) is 40.9 Å². The number of methoxy groups -OCH3 is 3. The molecule has 0 aliphatic carbocycles. The highest BCUT2D eigenvalue weighted by atomic mass is 32.2. The number of carbonyl (C=O) groups is 1. The average Bonchev–Trinajstić information content (AvgIpc) is 3.54. The van der Waals surface area contributed by atoms with Gasteiger partial charge in [0.1, 0.15) is 23.3 Å². The van der Waals surface area contributed by atoms with E-state index in [4.69, 9.17) is 14.2 Å². The Labute approximate surface area is 202 Å². The number of rotatable bonds is 8. The van der Waals surface area contributed by atoms with Crippen molar-refractivity contribution in [2.45, 2.75) is 23.8 Å². The molecule has 1 amide bonds. The van der Waals surface area contributed by atoms with Gasteiger partial charge in [0, 0.05) is 23.6 Å². The number of thiazole rings is 1. The Balaban J connectivity index is 1.51. The molecule has 180 valence electrons. The van der Waals surface area contributed by atoms with Gasteiger partial charge in [-0.15, -0.1) is 11.3 Å². The molecular weight excluding hydrogens is 478 g/mol. The van der Waals surface area contributed by atoms with Gasteiger partial charge in [0.2, 0.25) is 15.9 Å². The molecule has 3 aromatic rings. The van der Waals surface area contributed by atoms with Crippen LogP contribution in [-0.2, 0) is 14.8 Å². The number of carbonyl (C=O) groups excluding carboxylic acids is 1. The first-order chi connectivity index (χ1) is 16.4. The van der Waals surface area contributed by atoms with Crippen LogP contribution in [0.2, 0.25) is 0 Å². The van der Waals surface area contributed by atoms with Gasteiger partial charge in [0.05, 0.1) is 31.9 Å². The van der Waals surface area contributed by atoms with Crippen molar-refractivity contribution in [1.29, 1.82) is 0 Å². The maximum atomic E-state index is 13.2. The van der Waals surface area contributed by atoms with Crippen molar-refractivity contribution in [3.63, 3.8) is 0 Å². The topological polar surface area (TPSA) is 107 Å². The Morgan fingerprint density at radius 1 is 1.06 bits per heavy atom. The summed E-state index contributed by atoms with van der Waals surface area (Å²) in [6.07, 6.45) is 1.03. The van der Waals surface area contributed by atoms with E-state index in [2.05, 4.69) is 10.3 Å². The monoisotopic (exact) mass is 503 g/mol. The minimum Gasteiger partial charge on any atom is -0.497 e. The number of benzene rings is 2. The highest BCUT2D eigenvalue weighted by molar-refractivity contribution is 7.89. The molecule has 0 saturated carbocycles. The third kappa shape index (κ3) is 4.72. The number of amides is 1. The largest absolute Gasteiger partial charge is 0.497 e. The molecule has 1 aliphatic heterocycles. The van der Waals surface area contributed by atoms with E-state index in [1.807, 2.05) is 6.07 Å². The van der Waals surface area contributed by atoms with E-state index < -0.39 is 22.0 Å². The molecule has 1 fully saturated rings. The van der Waals surface area contributed by atoms with Crippen LogP contribution in [0.25, 0.3) is 11.3 Å². The molecule has 1 N–H and O–H groups in total. The average molecular weight is 504 g/mol. The van der Waals surface area contributed by atoms with Gasteiger partial charge in [0.15, 0.2) is 5.13 Å². The van der Waals surface area contributed by atoms with Crippen LogP contribution in [-0.4, -0.2) is 57.5 Å². The summed E-state index contributed by atoms with van der Waals surface area (Å²) in [5, 5.41) is 4.97. The molecule has 4 rings (SSSR count). The molecule has 1 atom stereocenters. The summed E-state index contributed by atoms with van der Waals surface area (Å²) in [6.45, 7) is 0.276. The zero-order valence-corrected chi connectivity index (χ0v) is 20.6. The quantitative estimate of drug-likeness (QED) is 0.500. The van der Waals surface area contributed by atoms with E-state index in [9.17, 15) is 13.2 Å². The Kier molecular flexibility index (Phi) is 7.05. The first-order valence-corrected chi connectivity index (χ1v) is 12.8. The van der Waals surface area contributed by atoms with Crippen LogP contribution >= 0.6 is 11.3 Å². The van der Waals surface area contributed by atoms with Gasteiger partial charge >= 0.3 is 0 Å². The lowest BCUT2D eigenvalue weighted by Gasteiger charge is -2.23. The van der Waals surface area contributed by atoms with Gasteiger partial charge < -0.3 is 19.5 Å². The van der Waals surface area contributed by atoms with E-state index in [1.165, 1.54) is 34.9 Å². The van der Waals surface area contributed by atoms with Gasteiger partial charge in [-0.1, -0.05) is 0 Å². The summed E-state index contributed by atoms with van der Waals surface area (Å²) >= 11 is 1.26. The Hall–Kier alpha value is -3.15. The molecule has 1 aliphatic rings. The molecule has 0 bridgehead atoms. The van der Waals surface area contributed by atoms with Crippen LogP contribution < -0.4 is 19.5 Å². The summed E-state index contributed by atoms with van der Waals surface area (Å²) < 4.78 is 43.4. The molecule has 2 aromatic carbocycles. The smallest absolute Gasteiger partial charge is 0.244 e. The van der Waals surface area contributed by atoms with Crippen molar-refractivity contribution in [3.8, 4) is 28.5 Å². The molecule has 9 nitrogen and oxygen atoms in total. The number of ether oxygens (including phenoxy) is 3. The van der Waals surface area contributed by atoms with Gasteiger partial charge in [-0.3, -0.25) is 4.79 Å². The minimum absolute atomic E-state index is 0.121. The molecule has 0 spiro atoms. The summed E-state index contributed by atoms with van der Waals surface area (Å²) in [6, 6.07) is 10.7. The van der Waals surface area contributed by atoms with Gasteiger partial charge in [0.25, 0.3) is 0 Å². The molecule has 1 saturated heterocycles. The summed E-state index contributed by atoms with van der Waals surface area (Å²) in [4.78, 5) is 17.7. The number of hydrogen-bond donors (Lipinski definition) is 1. The van der Waals surface area contributed by atoms with E-state index in [1.54, 1.807) is 43.9 Å². The normalized spacial score (nSPS) is 16.3. The number of sulfonamides is 1. The minimum atomic E-state index is -3.83. The molecule has 1 unspecified atom stereocenters. The van der Waals surface area contributed by atoms with Crippen molar-refractivity contribution in [2.24, 2.45) is 0 Å². The van der Waals surface area contributed by atoms with Crippen LogP contribution in [0.5, 0.6) is 17.2 Å². The first-order valence-electron chi connectivity index (χ1n) is 10.5. The summed E-state index contributed by atoms with van der Waals surface area (Å²) in [5.41, 5.74) is 1.39. The van der Waals surface area contributed by atoms with Gasteiger partial charge in [-0.25, -0.2) is 13.4 Å². The highest BCUT2D eigenvalue weighted by Gasteiger charge is 2.39. The van der Waals surface area contributed by atoms with Crippen LogP contribution in [0.1, 0.15) is 12.8 Å². The van der Waals surface area contributed by atoms with Crippen molar-refractivity contribution in [2.75, 3.05) is 33.2 Å². The fourth-order valence-corrected chi connectivity index (χ4v) is 6.20. The van der Waals surface area contributed by atoms with E-state index in [0.717, 1.165) is 5.56 Å². The maximum Gasteiger partial charge on any atom is 0.244 e. The van der Waals surface area contributed by atoms with Crippen LogP contribution in [0.15, 0.2) is 52.7 Å². The SMILES string of the molecule is COc1ccc(S(=O)(=O)N2CCCC2C(=O)Nc2nc(-c3ccc(OC)cc3OC)cs2)cc1. The number of anilines is 1. The van der Waals surface area contributed by atoms with Gasteiger partial charge in [-0.2, -0.15) is 4.31 Å². The lowest BCUT2D eigenvalue weighted by molar-refractivity contribution is -0.119. The van der Waals surface area contributed by atoms with Crippen molar-refractivity contribution < 1.29 is 27.4 Å². The van der Waals surface area contributed by atoms with E-state index >= 15 is 0 Å². The molecule has 0 radical (unpaired) electrons. The molecule has 2 heterocycles. The number of nitrogens with one attached hydrogen (secondary N) is 1. The fourth-order valence-electron chi connectivity index (χ4n) is 3.83. The van der Waals surface area contributed by atoms with Crippen LogP contribution in [0.3, 0.4) is 0 Å². The zero-order valence-electron chi connectivity index (χ0n) is 19.0. The standard InChI is InChI=1S/C23H25N3O6S2/c1-30-15-6-9-17(10-7-15)34(28,29)26-12-4-5-20(26)22(27)25-23-24-19(14-33-23)18-11-8-16(31-2)13-21(18)32-3/h6-11,13-14,20H,4-5,12H2,1-3H3,(H,24,25,27). The first kappa shape index (κ1) is 24.0. The molecule has 11 heteroatoms. The maximum absolute atomic E-state index is 13.2. The number of nitrogens with zero attached hydrogens (tertiary/aromatic N) is 2. The van der Waals surface area contributed by atoms with E-state index in [-0.39, 0.29) is 11.4 Å². The summed E-state index contributed by atoms with van der Waals surface area (Å²) in [7, 11) is 0.817. The Bertz CT molecular complexity index is 1270. The Morgan fingerprint density at radius 3 is 2.44 bits per heavy atom. The summed E-state index contributed by atoms with van der Waals surface area (Å²) in [5.74, 6) is 1.40. The van der Waals surface area contributed by atoms with Crippen molar-refractivity contribution in [3.05, 3.63) is 47.8 Å². The number of hydrogen-bond acceptors (Lipinski definition) is 8. The lowest BCUT2D eigenvalue weighted by atomic mass is 10.1. The Morgan fingerprint density at radius 2 is 1.76 bits per heavy atom. The third-order valence-corrected chi connectivity index (χ3v) is 8.27. The zero-order chi connectivity index (χ0) is 24.3. The fraction of sp³-hybridized carbons (Fsp3) is 0.304. The highest BCUT2D eigenvalue weighted by Crippen LogP contribution is 2.35. The van der Waals surface area contributed by atoms with Crippen LogP contribution in [0, 0.1) is 0 Å². The lowest BCUT2D eigenvalue weighted by Crippen LogP contribution is -2.43. The predicted octanol–water partition coefficient (Wildman–Crippen LogP) is 3.63. The second-order valence-electron chi connectivity index (χ2n) is 7.54. The second-order valence-corrected chi connectivity index (χ2v) is 10.3. The third-order valence-electron chi connectivity index (χ3n) is 5.59.